The summed E-state index contributed by atoms with van der Waals surface area (Å²) in [5, 5.41) is 0. The molecular formula is C16H15F3O3S. The summed E-state index contributed by atoms with van der Waals surface area (Å²) in [4.78, 5) is 0. The highest BCUT2D eigenvalue weighted by Crippen LogP contribution is 2.25. The molecule has 3 nitrogen and oxygen atoms in total. The molecule has 0 fully saturated rings. The fourth-order valence-electron chi connectivity index (χ4n) is 2.01. The molecule has 0 amide bonds. The van der Waals surface area contributed by atoms with Crippen LogP contribution in [0.2, 0.25) is 0 Å². The number of halogens is 3. The summed E-state index contributed by atoms with van der Waals surface area (Å²) in [5.41, 5.74) is -2.37. The Labute approximate surface area is 132 Å². The maximum Gasteiger partial charge on any atom is 0.523 e. The lowest BCUT2D eigenvalue weighted by molar-refractivity contribution is -0.0542. The van der Waals surface area contributed by atoms with E-state index in [1.165, 1.54) is 0 Å². The maximum absolute atomic E-state index is 12.1. The second kappa shape index (κ2) is 7.14. The number of benzene rings is 2. The van der Waals surface area contributed by atoms with Crippen LogP contribution in [0.15, 0.2) is 54.6 Å². The lowest BCUT2D eigenvalue weighted by Crippen LogP contribution is -2.25. The van der Waals surface area contributed by atoms with Crippen LogP contribution in [0, 0.1) is 0 Å². The van der Waals surface area contributed by atoms with Crippen LogP contribution in [0.1, 0.15) is 12.0 Å². The van der Waals surface area contributed by atoms with E-state index >= 15 is 0 Å². The van der Waals surface area contributed by atoms with Crippen LogP contribution in [0.4, 0.5) is 13.2 Å². The molecule has 2 aromatic rings. The van der Waals surface area contributed by atoms with Gasteiger partial charge in [0, 0.05) is 0 Å². The summed E-state index contributed by atoms with van der Waals surface area (Å²) >= 11 is 0. The third kappa shape index (κ3) is 4.80. The van der Waals surface area contributed by atoms with Crippen molar-refractivity contribution in [3.05, 3.63) is 60.2 Å². The Hall–Kier alpha value is -1.86. The van der Waals surface area contributed by atoms with E-state index in [2.05, 4.69) is 4.18 Å². The highest BCUT2D eigenvalue weighted by molar-refractivity contribution is 7.87. The van der Waals surface area contributed by atoms with Crippen LogP contribution in [-0.2, 0) is 20.7 Å². The molecule has 0 aliphatic rings. The van der Waals surface area contributed by atoms with Gasteiger partial charge in [-0.1, -0.05) is 54.6 Å². The normalized spacial score (nSPS) is 12.3. The highest BCUT2D eigenvalue weighted by atomic mass is 32.2. The van der Waals surface area contributed by atoms with Crippen molar-refractivity contribution in [1.29, 1.82) is 0 Å². The fraction of sp³-hybridized carbons (Fsp3) is 0.250. The Morgan fingerprint density at radius 3 is 2.00 bits per heavy atom. The first-order valence-corrected chi connectivity index (χ1v) is 8.30. The van der Waals surface area contributed by atoms with Crippen molar-refractivity contribution in [2.24, 2.45) is 0 Å². The summed E-state index contributed by atoms with van der Waals surface area (Å²) in [6, 6.07) is 17.3. The Kier molecular flexibility index (Phi) is 5.43. The topological polar surface area (TPSA) is 43.4 Å². The van der Waals surface area contributed by atoms with Gasteiger partial charge in [0.15, 0.2) is 0 Å². The van der Waals surface area contributed by atoms with Gasteiger partial charge >= 0.3 is 15.6 Å². The molecule has 0 aromatic heterocycles. The molecule has 0 spiro atoms. The van der Waals surface area contributed by atoms with Gasteiger partial charge in [-0.2, -0.15) is 21.6 Å². The van der Waals surface area contributed by atoms with Gasteiger partial charge in [0.1, 0.15) is 0 Å². The van der Waals surface area contributed by atoms with Gasteiger partial charge in [0.2, 0.25) is 0 Å². The van der Waals surface area contributed by atoms with Crippen molar-refractivity contribution in [2.75, 3.05) is 6.61 Å². The number of rotatable bonds is 6. The van der Waals surface area contributed by atoms with Gasteiger partial charge in [-0.05, 0) is 29.5 Å². The number of hydrogen-bond donors (Lipinski definition) is 0. The third-order valence-corrected chi connectivity index (χ3v) is 4.24. The van der Waals surface area contributed by atoms with Crippen molar-refractivity contribution in [2.45, 2.75) is 18.3 Å². The summed E-state index contributed by atoms with van der Waals surface area (Å²) in [6.45, 7) is -0.498. The third-order valence-electron chi connectivity index (χ3n) is 3.19. The van der Waals surface area contributed by atoms with Crippen molar-refractivity contribution < 1.29 is 25.8 Å². The standard InChI is InChI=1S/C16H15F3O3S/c17-16(18,19)23(20,21)22-12-4-5-13-8-10-15(11-9-13)14-6-2-1-3-7-14/h1-3,6-11H,4-5,12H2. The van der Waals surface area contributed by atoms with Gasteiger partial charge in [0.25, 0.3) is 0 Å². The summed E-state index contributed by atoms with van der Waals surface area (Å²) in [5.74, 6) is 0. The molecule has 7 heteroatoms. The smallest absolute Gasteiger partial charge is 0.263 e. The van der Waals surface area contributed by atoms with Crippen molar-refractivity contribution in [1.82, 2.24) is 0 Å². The molecule has 0 atom stereocenters. The minimum Gasteiger partial charge on any atom is -0.263 e. The van der Waals surface area contributed by atoms with E-state index in [-0.39, 0.29) is 6.42 Å². The molecule has 124 valence electrons. The molecule has 0 N–H and O–H groups in total. The zero-order chi connectivity index (χ0) is 16.9. The minimum atomic E-state index is -5.49. The van der Waals surface area contributed by atoms with E-state index < -0.39 is 22.2 Å². The van der Waals surface area contributed by atoms with Crippen molar-refractivity contribution in [3.8, 4) is 11.1 Å². The van der Waals surface area contributed by atoms with Crippen LogP contribution in [-0.4, -0.2) is 20.5 Å². The number of alkyl halides is 3. The molecule has 0 saturated carbocycles. The summed E-state index contributed by atoms with van der Waals surface area (Å²) in [7, 11) is -5.49. The maximum atomic E-state index is 12.1. The molecule has 0 aliphatic carbocycles. The Bertz CT molecular complexity index is 723. The van der Waals surface area contributed by atoms with Crippen LogP contribution in [0.25, 0.3) is 11.1 Å². The number of aryl methyl sites for hydroxylation is 1. The fourth-order valence-corrected chi connectivity index (χ4v) is 2.48. The van der Waals surface area contributed by atoms with Crippen molar-refractivity contribution >= 4 is 10.1 Å². The van der Waals surface area contributed by atoms with Crippen LogP contribution in [0.5, 0.6) is 0 Å². The molecule has 0 unspecified atom stereocenters. The summed E-state index contributed by atoms with van der Waals surface area (Å²) < 4.78 is 61.6. The Morgan fingerprint density at radius 1 is 0.870 bits per heavy atom. The number of hydrogen-bond acceptors (Lipinski definition) is 3. The van der Waals surface area contributed by atoms with Crippen LogP contribution in [0.3, 0.4) is 0 Å². The van der Waals surface area contributed by atoms with Gasteiger partial charge in [-0.25, -0.2) is 0 Å². The average Bonchev–Trinajstić information content (AvgIpc) is 2.52. The molecule has 0 bridgehead atoms. The zero-order valence-corrected chi connectivity index (χ0v) is 12.9. The van der Waals surface area contributed by atoms with E-state index in [4.69, 9.17) is 0 Å². The van der Waals surface area contributed by atoms with E-state index in [1.54, 1.807) is 0 Å². The van der Waals surface area contributed by atoms with Crippen LogP contribution >= 0.6 is 0 Å². The molecule has 2 rings (SSSR count). The van der Waals surface area contributed by atoms with E-state index in [9.17, 15) is 21.6 Å². The average molecular weight is 344 g/mol. The minimum absolute atomic E-state index is 0.181. The zero-order valence-electron chi connectivity index (χ0n) is 12.1. The van der Waals surface area contributed by atoms with Gasteiger partial charge in [-0.15, -0.1) is 0 Å². The van der Waals surface area contributed by atoms with Crippen molar-refractivity contribution in [3.63, 3.8) is 0 Å². The lowest BCUT2D eigenvalue weighted by atomic mass is 10.0. The quantitative estimate of drug-likeness (QED) is 0.449. The van der Waals surface area contributed by atoms with E-state index in [1.807, 2.05) is 54.6 Å². The molecule has 23 heavy (non-hydrogen) atoms. The first kappa shape index (κ1) is 17.5. The molecule has 0 heterocycles. The van der Waals surface area contributed by atoms with Gasteiger partial charge in [0.05, 0.1) is 6.61 Å². The molecule has 0 aliphatic heterocycles. The molecular weight excluding hydrogens is 329 g/mol. The molecule has 0 saturated heterocycles. The SMILES string of the molecule is O=S(=O)(OCCCc1ccc(-c2ccccc2)cc1)C(F)(F)F. The summed E-state index contributed by atoms with van der Waals surface area (Å²) in [6.07, 6.45) is 0.614. The van der Waals surface area contributed by atoms with E-state index in [0.29, 0.717) is 6.42 Å². The predicted octanol–water partition coefficient (Wildman–Crippen LogP) is 4.15. The van der Waals surface area contributed by atoms with Gasteiger partial charge in [-0.3, -0.25) is 4.18 Å². The lowest BCUT2D eigenvalue weighted by Gasteiger charge is -2.08. The van der Waals surface area contributed by atoms with Gasteiger partial charge < -0.3 is 0 Å². The highest BCUT2D eigenvalue weighted by Gasteiger charge is 2.47. The van der Waals surface area contributed by atoms with E-state index in [0.717, 1.165) is 16.7 Å². The molecule has 0 radical (unpaired) electrons. The Balaban J connectivity index is 1.86. The second-order valence-electron chi connectivity index (χ2n) is 4.89. The van der Waals surface area contributed by atoms with Crippen LogP contribution < -0.4 is 0 Å². The Morgan fingerprint density at radius 2 is 1.43 bits per heavy atom. The molecule has 2 aromatic carbocycles. The largest absolute Gasteiger partial charge is 0.523 e. The first-order valence-electron chi connectivity index (χ1n) is 6.90. The first-order chi connectivity index (χ1) is 10.8. The predicted molar refractivity (Wildman–Crippen MR) is 81.1 cm³/mol. The monoisotopic (exact) mass is 344 g/mol. The second-order valence-corrected chi connectivity index (χ2v) is 6.50.